The maximum Gasteiger partial charge on any atom is 0.300 e. The van der Waals surface area contributed by atoms with Crippen LogP contribution in [0.3, 0.4) is 0 Å². The number of hydrogen-bond acceptors (Lipinski definition) is 2. The lowest BCUT2D eigenvalue weighted by molar-refractivity contribution is -0.111. The Morgan fingerprint density at radius 3 is 2.93 bits per heavy atom. The molecule has 0 aliphatic heterocycles. The first-order valence-corrected chi connectivity index (χ1v) is 3.78. The number of anilines is 1. The third-order valence-corrected chi connectivity index (χ3v) is 1.54. The summed E-state index contributed by atoms with van der Waals surface area (Å²) in [6.45, 7) is 0. The number of benzene rings is 1. The fourth-order valence-corrected chi connectivity index (χ4v) is 0.936. The number of carbonyl (C=O) groups excluding carboxylic acids is 1. The van der Waals surface area contributed by atoms with Crippen LogP contribution in [0.5, 0.6) is 5.75 Å². The van der Waals surface area contributed by atoms with Gasteiger partial charge in [0.1, 0.15) is 11.6 Å². The van der Waals surface area contributed by atoms with E-state index in [2.05, 4.69) is 5.32 Å². The van der Waals surface area contributed by atoms with Crippen LogP contribution in [0.25, 0.3) is 0 Å². The largest absolute Gasteiger partial charge is 0.495 e. The Morgan fingerprint density at radius 2 is 2.36 bits per heavy atom. The second kappa shape index (κ2) is 4.28. The lowest BCUT2D eigenvalue weighted by Crippen LogP contribution is -2.09. The van der Waals surface area contributed by atoms with Gasteiger partial charge in [0.05, 0.1) is 12.8 Å². The van der Waals surface area contributed by atoms with Crippen LogP contribution in [0.15, 0.2) is 18.2 Å². The second-order valence-electron chi connectivity index (χ2n) is 2.44. The maximum absolute atomic E-state index is 12.8. The van der Waals surface area contributed by atoms with Crippen LogP contribution in [0.1, 0.15) is 0 Å². The summed E-state index contributed by atoms with van der Waals surface area (Å²) in [7, 11) is 1.42. The van der Waals surface area contributed by atoms with Gasteiger partial charge >= 0.3 is 0 Å². The van der Waals surface area contributed by atoms with Crippen LogP contribution in [0.4, 0.5) is 10.1 Å². The Labute approximate surface area is 80.9 Å². The van der Waals surface area contributed by atoms with Crippen LogP contribution in [-0.4, -0.2) is 13.0 Å². The van der Waals surface area contributed by atoms with Crippen LogP contribution >= 0.6 is 0 Å². The molecule has 1 aromatic rings. The van der Waals surface area contributed by atoms with Gasteiger partial charge < -0.3 is 10.1 Å². The standard InChI is InChI=1S/C10H8FNO2/c1-3-10(13)12-8-6-7(11)4-5-9(8)14-2/h1,4-6H,2H3,(H,12,13). The molecule has 1 rings (SSSR count). The van der Waals surface area contributed by atoms with Crippen LogP contribution in [0, 0.1) is 18.2 Å². The second-order valence-corrected chi connectivity index (χ2v) is 2.44. The molecular weight excluding hydrogens is 185 g/mol. The van der Waals surface area contributed by atoms with E-state index in [0.29, 0.717) is 5.75 Å². The van der Waals surface area contributed by atoms with Gasteiger partial charge in [0.15, 0.2) is 0 Å². The van der Waals surface area contributed by atoms with Crippen LogP contribution < -0.4 is 10.1 Å². The highest BCUT2D eigenvalue weighted by atomic mass is 19.1. The van der Waals surface area contributed by atoms with E-state index in [1.807, 2.05) is 5.92 Å². The number of hydrogen-bond donors (Lipinski definition) is 1. The average Bonchev–Trinajstić information content (AvgIpc) is 2.18. The minimum atomic E-state index is -0.645. The summed E-state index contributed by atoms with van der Waals surface area (Å²) in [6, 6.07) is 3.76. The van der Waals surface area contributed by atoms with Gasteiger partial charge in [-0.2, -0.15) is 0 Å². The molecule has 0 heterocycles. The fourth-order valence-electron chi connectivity index (χ4n) is 0.936. The lowest BCUT2D eigenvalue weighted by atomic mass is 10.3. The van der Waals surface area contributed by atoms with Gasteiger partial charge in [-0.1, -0.05) is 0 Å². The van der Waals surface area contributed by atoms with Crippen molar-refractivity contribution in [2.45, 2.75) is 0 Å². The molecule has 0 spiro atoms. The molecule has 0 aliphatic rings. The molecule has 0 aliphatic carbocycles. The SMILES string of the molecule is C#CC(=O)Nc1cc(F)ccc1OC. The van der Waals surface area contributed by atoms with Gasteiger partial charge in [0.2, 0.25) is 0 Å². The Kier molecular flexibility index (Phi) is 3.08. The Morgan fingerprint density at radius 1 is 1.64 bits per heavy atom. The minimum absolute atomic E-state index is 0.218. The average molecular weight is 193 g/mol. The molecule has 1 aromatic carbocycles. The zero-order valence-electron chi connectivity index (χ0n) is 7.50. The molecule has 0 saturated carbocycles. The van der Waals surface area contributed by atoms with E-state index < -0.39 is 11.7 Å². The van der Waals surface area contributed by atoms with E-state index in [1.165, 1.54) is 19.2 Å². The quantitative estimate of drug-likeness (QED) is 0.721. The number of halogens is 1. The van der Waals surface area contributed by atoms with Gasteiger partial charge in [0.25, 0.3) is 5.91 Å². The van der Waals surface area contributed by atoms with E-state index in [0.717, 1.165) is 6.07 Å². The van der Waals surface area contributed by atoms with Crippen LogP contribution in [-0.2, 0) is 4.79 Å². The molecule has 0 fully saturated rings. The van der Waals surface area contributed by atoms with Gasteiger partial charge in [0, 0.05) is 6.07 Å². The molecular formula is C10H8FNO2. The van der Waals surface area contributed by atoms with Gasteiger partial charge in [-0.3, -0.25) is 4.79 Å². The molecule has 3 nitrogen and oxygen atoms in total. The van der Waals surface area contributed by atoms with Crippen molar-refractivity contribution in [2.75, 3.05) is 12.4 Å². The van der Waals surface area contributed by atoms with E-state index >= 15 is 0 Å². The van der Waals surface area contributed by atoms with Gasteiger partial charge in [-0.05, 0) is 18.1 Å². The molecule has 0 unspecified atom stereocenters. The molecule has 0 radical (unpaired) electrons. The van der Waals surface area contributed by atoms with Crippen molar-refractivity contribution in [1.82, 2.24) is 0 Å². The van der Waals surface area contributed by atoms with Crippen LogP contribution in [0.2, 0.25) is 0 Å². The number of ether oxygens (including phenoxy) is 1. The minimum Gasteiger partial charge on any atom is -0.495 e. The third kappa shape index (κ3) is 2.23. The zero-order valence-corrected chi connectivity index (χ0v) is 7.50. The monoisotopic (exact) mass is 193 g/mol. The van der Waals surface area contributed by atoms with Crippen molar-refractivity contribution >= 4 is 11.6 Å². The zero-order chi connectivity index (χ0) is 10.6. The third-order valence-electron chi connectivity index (χ3n) is 1.54. The van der Waals surface area contributed by atoms with Crippen molar-refractivity contribution in [3.8, 4) is 18.1 Å². The summed E-state index contributed by atoms with van der Waals surface area (Å²) < 4.78 is 17.7. The molecule has 0 aromatic heterocycles. The number of methoxy groups -OCH3 is 1. The molecule has 0 saturated heterocycles. The van der Waals surface area contributed by atoms with Crippen molar-refractivity contribution in [1.29, 1.82) is 0 Å². The highest BCUT2D eigenvalue weighted by molar-refractivity contribution is 6.04. The topological polar surface area (TPSA) is 38.3 Å². The maximum atomic E-state index is 12.8. The summed E-state index contributed by atoms with van der Waals surface area (Å²) in [4.78, 5) is 10.8. The highest BCUT2D eigenvalue weighted by Crippen LogP contribution is 2.24. The highest BCUT2D eigenvalue weighted by Gasteiger charge is 2.06. The van der Waals surface area contributed by atoms with Crippen molar-refractivity contribution in [3.05, 3.63) is 24.0 Å². The van der Waals surface area contributed by atoms with E-state index in [4.69, 9.17) is 11.2 Å². The van der Waals surface area contributed by atoms with Crippen molar-refractivity contribution in [2.24, 2.45) is 0 Å². The molecule has 1 N–H and O–H groups in total. The fraction of sp³-hybridized carbons (Fsp3) is 0.100. The first-order chi connectivity index (χ1) is 6.67. The number of rotatable bonds is 2. The first kappa shape index (κ1) is 10.1. The van der Waals surface area contributed by atoms with Gasteiger partial charge in [-0.25, -0.2) is 4.39 Å². The Balaban J connectivity index is 3.00. The summed E-state index contributed by atoms with van der Waals surface area (Å²) in [5.41, 5.74) is 0.218. The smallest absolute Gasteiger partial charge is 0.300 e. The first-order valence-electron chi connectivity index (χ1n) is 3.78. The summed E-state index contributed by atoms with van der Waals surface area (Å²) in [5, 5.41) is 2.31. The number of nitrogens with one attached hydrogen (secondary N) is 1. The summed E-state index contributed by atoms with van der Waals surface area (Å²) in [6.07, 6.45) is 4.85. The Hall–Kier alpha value is -2.02. The van der Waals surface area contributed by atoms with Crippen molar-refractivity contribution < 1.29 is 13.9 Å². The molecule has 72 valence electrons. The van der Waals surface area contributed by atoms with Crippen molar-refractivity contribution in [3.63, 3.8) is 0 Å². The van der Waals surface area contributed by atoms with E-state index in [1.54, 1.807) is 0 Å². The predicted octanol–water partition coefficient (Wildman–Crippen LogP) is 1.41. The lowest BCUT2D eigenvalue weighted by Gasteiger charge is -2.07. The van der Waals surface area contributed by atoms with Gasteiger partial charge in [-0.15, -0.1) is 6.42 Å². The summed E-state index contributed by atoms with van der Waals surface area (Å²) >= 11 is 0. The Bertz CT molecular complexity index is 396. The molecule has 14 heavy (non-hydrogen) atoms. The normalized spacial score (nSPS) is 8.93. The van der Waals surface area contributed by atoms with E-state index in [-0.39, 0.29) is 5.69 Å². The molecule has 0 bridgehead atoms. The number of carbonyl (C=O) groups is 1. The summed E-state index contributed by atoms with van der Waals surface area (Å²) in [5.74, 6) is 1.09. The number of terminal acetylenes is 1. The molecule has 1 amide bonds. The van der Waals surface area contributed by atoms with E-state index in [9.17, 15) is 9.18 Å². The molecule has 4 heteroatoms. The molecule has 0 atom stereocenters. The predicted molar refractivity (Wildman–Crippen MR) is 50.4 cm³/mol. The number of amides is 1.